The lowest BCUT2D eigenvalue weighted by Crippen LogP contribution is -2.29. The first kappa shape index (κ1) is 23.0. The maximum Gasteiger partial charge on any atom is 0.270 e. The number of hydrogen-bond donors (Lipinski definition) is 0. The van der Waals surface area contributed by atoms with E-state index in [1.807, 2.05) is 0 Å². The van der Waals surface area contributed by atoms with Crippen molar-refractivity contribution in [1.82, 2.24) is 4.90 Å². The quantitative estimate of drug-likeness (QED) is 0.174. The number of nitro groups is 1. The van der Waals surface area contributed by atoms with E-state index in [1.54, 1.807) is 18.2 Å². The summed E-state index contributed by atoms with van der Waals surface area (Å²) in [5.41, 5.74) is 0.375. The first-order valence-corrected chi connectivity index (χ1v) is 10.9. The monoisotopic (exact) mass is 479 g/mol. The van der Waals surface area contributed by atoms with Crippen LogP contribution in [0.2, 0.25) is 5.02 Å². The first-order chi connectivity index (χ1) is 14.8. The molecular formula is C20H16ClN2O6S2-. The second kappa shape index (κ2) is 10.1. The number of benzene rings is 1. The number of nitrogens with zero attached hydrogens (tertiary/aromatic N) is 2. The molecule has 2 aromatic rings. The molecule has 0 radical (unpaired) electrons. The maximum absolute atomic E-state index is 12.6. The van der Waals surface area contributed by atoms with Crippen LogP contribution in [0.5, 0.6) is 0 Å². The van der Waals surface area contributed by atoms with E-state index in [0.717, 1.165) is 11.8 Å². The van der Waals surface area contributed by atoms with Gasteiger partial charge in [0, 0.05) is 36.3 Å². The van der Waals surface area contributed by atoms with E-state index in [2.05, 4.69) is 0 Å². The van der Waals surface area contributed by atoms with Gasteiger partial charge in [0.1, 0.15) is 15.8 Å². The first-order valence-electron chi connectivity index (χ1n) is 9.25. The van der Waals surface area contributed by atoms with Crippen molar-refractivity contribution in [2.75, 3.05) is 6.54 Å². The minimum atomic E-state index is -1.08. The number of non-ortho nitro benzene ring substituents is 1. The number of nitro benzene ring substituents is 1. The summed E-state index contributed by atoms with van der Waals surface area (Å²) in [5.74, 6) is -0.490. The lowest BCUT2D eigenvalue weighted by molar-refractivity contribution is -0.384. The van der Waals surface area contributed by atoms with Gasteiger partial charge in [-0.05, 0) is 37.5 Å². The van der Waals surface area contributed by atoms with Gasteiger partial charge in [-0.1, -0.05) is 42.0 Å². The summed E-state index contributed by atoms with van der Waals surface area (Å²) >= 11 is 12.6. The van der Waals surface area contributed by atoms with Crippen LogP contribution in [0.4, 0.5) is 5.69 Å². The average molecular weight is 480 g/mol. The van der Waals surface area contributed by atoms with Crippen molar-refractivity contribution >= 4 is 63.5 Å². The average Bonchev–Trinajstić information content (AvgIpc) is 3.27. The number of unbranched alkanes of at least 4 members (excludes halogenated alkanes) is 2. The van der Waals surface area contributed by atoms with Crippen LogP contribution in [-0.4, -0.2) is 32.6 Å². The molecule has 2 heterocycles. The summed E-state index contributed by atoms with van der Waals surface area (Å²) < 4.78 is 6.18. The van der Waals surface area contributed by atoms with Crippen molar-refractivity contribution < 1.29 is 24.0 Å². The molecule has 11 heteroatoms. The number of carboxylic acids is 1. The molecule has 0 unspecified atom stereocenters. The molecule has 3 rings (SSSR count). The predicted molar refractivity (Wildman–Crippen MR) is 119 cm³/mol. The standard InChI is InChI=1S/C20H17ClN2O6S2/c21-15-10-12(23(27)28)5-7-14(15)16-8-6-13(29-16)11-17-19(26)22(20(30)31-17)9-3-1-2-4-18(24)25/h5-8,10-11H,1-4,9H2,(H,24,25)/p-1. The maximum atomic E-state index is 12.6. The highest BCUT2D eigenvalue weighted by atomic mass is 35.5. The van der Waals surface area contributed by atoms with Crippen LogP contribution in [0, 0.1) is 10.1 Å². The van der Waals surface area contributed by atoms with Gasteiger partial charge in [0.25, 0.3) is 11.6 Å². The van der Waals surface area contributed by atoms with Gasteiger partial charge in [-0.15, -0.1) is 0 Å². The minimum absolute atomic E-state index is 0.00208. The van der Waals surface area contributed by atoms with E-state index < -0.39 is 10.9 Å². The minimum Gasteiger partial charge on any atom is -0.550 e. The van der Waals surface area contributed by atoms with Gasteiger partial charge < -0.3 is 14.3 Å². The number of hydrogen-bond acceptors (Lipinski definition) is 8. The number of aliphatic carboxylic acids is 1. The molecule has 0 spiro atoms. The lowest BCUT2D eigenvalue weighted by atomic mass is 10.1. The molecule has 0 N–H and O–H groups in total. The Morgan fingerprint density at radius 3 is 2.71 bits per heavy atom. The van der Waals surface area contributed by atoms with Crippen molar-refractivity contribution in [2.45, 2.75) is 25.7 Å². The zero-order valence-corrected chi connectivity index (χ0v) is 18.4. The zero-order valence-electron chi connectivity index (χ0n) is 16.0. The molecule has 0 atom stereocenters. The van der Waals surface area contributed by atoms with Crippen molar-refractivity contribution in [3.8, 4) is 11.3 Å². The number of thiocarbonyl (C=S) groups is 1. The van der Waals surface area contributed by atoms with Crippen LogP contribution < -0.4 is 5.11 Å². The molecule has 1 aliphatic rings. The molecule has 162 valence electrons. The van der Waals surface area contributed by atoms with Crippen molar-refractivity contribution in [2.24, 2.45) is 0 Å². The van der Waals surface area contributed by atoms with E-state index in [1.165, 1.54) is 23.1 Å². The fourth-order valence-corrected chi connectivity index (χ4v) is 4.49. The summed E-state index contributed by atoms with van der Waals surface area (Å²) in [4.78, 5) is 35.3. The predicted octanol–water partition coefficient (Wildman–Crippen LogP) is 4.02. The van der Waals surface area contributed by atoms with Gasteiger partial charge >= 0.3 is 0 Å². The van der Waals surface area contributed by atoms with Crippen molar-refractivity contribution in [3.05, 3.63) is 56.1 Å². The smallest absolute Gasteiger partial charge is 0.270 e. The molecule has 1 aromatic heterocycles. The molecule has 31 heavy (non-hydrogen) atoms. The van der Waals surface area contributed by atoms with Crippen molar-refractivity contribution in [3.63, 3.8) is 0 Å². The van der Waals surface area contributed by atoms with Gasteiger partial charge in [0.2, 0.25) is 0 Å². The zero-order chi connectivity index (χ0) is 22.5. The third-order valence-electron chi connectivity index (χ3n) is 4.47. The lowest BCUT2D eigenvalue weighted by Gasteiger charge is -2.14. The second-order valence-electron chi connectivity index (χ2n) is 6.64. The van der Waals surface area contributed by atoms with E-state index in [-0.39, 0.29) is 23.0 Å². The molecule has 8 nitrogen and oxygen atoms in total. The molecule has 0 saturated carbocycles. The van der Waals surface area contributed by atoms with E-state index in [0.29, 0.717) is 52.1 Å². The third kappa shape index (κ3) is 5.72. The highest BCUT2D eigenvalue weighted by Crippen LogP contribution is 2.35. The molecule has 1 amide bonds. The van der Waals surface area contributed by atoms with Crippen LogP contribution in [-0.2, 0) is 9.59 Å². The molecular weight excluding hydrogens is 464 g/mol. The normalized spacial score (nSPS) is 15.1. The molecule has 1 aliphatic heterocycles. The number of furan rings is 1. The molecule has 0 aliphatic carbocycles. The van der Waals surface area contributed by atoms with E-state index in [4.69, 9.17) is 28.2 Å². The van der Waals surface area contributed by atoms with Gasteiger partial charge in [-0.2, -0.15) is 0 Å². The fourth-order valence-electron chi connectivity index (χ4n) is 2.93. The summed E-state index contributed by atoms with van der Waals surface area (Å²) in [6, 6.07) is 7.41. The van der Waals surface area contributed by atoms with E-state index in [9.17, 15) is 24.8 Å². The van der Waals surface area contributed by atoms with E-state index >= 15 is 0 Å². The molecule has 1 saturated heterocycles. The molecule has 0 bridgehead atoms. The van der Waals surface area contributed by atoms with Gasteiger partial charge in [-0.3, -0.25) is 19.8 Å². The van der Waals surface area contributed by atoms with Crippen molar-refractivity contribution in [1.29, 1.82) is 0 Å². The van der Waals surface area contributed by atoms with Crippen LogP contribution in [0.3, 0.4) is 0 Å². The van der Waals surface area contributed by atoms with Crippen LogP contribution >= 0.6 is 35.6 Å². The Labute approximate surface area is 192 Å². The Balaban J connectivity index is 1.67. The molecule has 1 aromatic carbocycles. The van der Waals surface area contributed by atoms with Crippen LogP contribution in [0.1, 0.15) is 31.4 Å². The Morgan fingerprint density at radius 2 is 2.03 bits per heavy atom. The van der Waals surface area contributed by atoms with Gasteiger partial charge in [-0.25, -0.2) is 0 Å². The number of carboxylic acid groups (broad SMARTS) is 1. The molecule has 1 fully saturated rings. The SMILES string of the molecule is O=C([O-])CCCCCN1C(=O)C(=Cc2ccc(-c3ccc([N+](=O)[O-])cc3Cl)o2)SC1=S. The number of thioether (sulfide) groups is 1. The highest BCUT2D eigenvalue weighted by molar-refractivity contribution is 8.26. The number of carbonyl (C=O) groups excluding carboxylic acids is 2. The van der Waals surface area contributed by atoms with Gasteiger partial charge in [0.15, 0.2) is 0 Å². The number of halogens is 1. The number of carbonyl (C=O) groups is 2. The summed E-state index contributed by atoms with van der Waals surface area (Å²) in [6.07, 6.45) is 3.36. The second-order valence-corrected chi connectivity index (χ2v) is 8.72. The number of rotatable bonds is 9. The fraction of sp³-hybridized carbons (Fsp3) is 0.250. The Morgan fingerprint density at radius 1 is 1.26 bits per heavy atom. The third-order valence-corrected chi connectivity index (χ3v) is 6.16. The topological polar surface area (TPSA) is 117 Å². The summed E-state index contributed by atoms with van der Waals surface area (Å²) in [6.45, 7) is 0.414. The highest BCUT2D eigenvalue weighted by Gasteiger charge is 2.31. The van der Waals surface area contributed by atoms with Crippen LogP contribution in [0.15, 0.2) is 39.7 Å². The largest absolute Gasteiger partial charge is 0.550 e. The Kier molecular flexibility index (Phi) is 7.47. The summed E-state index contributed by atoms with van der Waals surface area (Å²) in [5, 5.41) is 21.5. The van der Waals surface area contributed by atoms with Crippen LogP contribution in [0.25, 0.3) is 17.4 Å². The Hall–Kier alpha value is -2.69. The summed E-state index contributed by atoms with van der Waals surface area (Å²) in [7, 11) is 0. The Bertz CT molecular complexity index is 1080. The van der Waals surface area contributed by atoms with Gasteiger partial charge in [0.05, 0.1) is 14.9 Å². The number of amides is 1.